The number of rotatable bonds is 3. The number of hydrogen-bond donors (Lipinski definition) is 1. The number of hydrogen-bond acceptors (Lipinski definition) is 3. The number of nitrogens with one attached hydrogen (secondary N) is 1. The highest BCUT2D eigenvalue weighted by Crippen LogP contribution is 2.35. The Labute approximate surface area is 96.8 Å². The van der Waals surface area contributed by atoms with Gasteiger partial charge in [-0.1, -0.05) is 0 Å². The van der Waals surface area contributed by atoms with Crippen LogP contribution in [0.15, 0.2) is 12.1 Å². The van der Waals surface area contributed by atoms with Gasteiger partial charge in [0.05, 0.1) is 14.2 Å². The molecule has 0 amide bonds. The highest BCUT2D eigenvalue weighted by Gasteiger charge is 2.20. The average molecular weight is 221 g/mol. The largest absolute Gasteiger partial charge is 0.493 e. The van der Waals surface area contributed by atoms with Crippen LogP contribution in [-0.2, 0) is 0 Å². The molecule has 0 aliphatic carbocycles. The van der Waals surface area contributed by atoms with Crippen molar-refractivity contribution in [2.75, 3.05) is 20.8 Å². The third-order valence-electron chi connectivity index (χ3n) is 3.21. The summed E-state index contributed by atoms with van der Waals surface area (Å²) < 4.78 is 10.6. The molecule has 3 heteroatoms. The molecule has 0 aromatic heterocycles. The lowest BCUT2D eigenvalue weighted by Crippen LogP contribution is -2.14. The highest BCUT2D eigenvalue weighted by atomic mass is 16.5. The monoisotopic (exact) mass is 221 g/mol. The summed E-state index contributed by atoms with van der Waals surface area (Å²) in [6.07, 6.45) is 2.45. The van der Waals surface area contributed by atoms with Crippen molar-refractivity contribution >= 4 is 0 Å². The first-order valence-corrected chi connectivity index (χ1v) is 5.72. The van der Waals surface area contributed by atoms with Crippen LogP contribution in [0.25, 0.3) is 0 Å². The first kappa shape index (κ1) is 11.3. The summed E-state index contributed by atoms with van der Waals surface area (Å²) >= 11 is 0. The van der Waals surface area contributed by atoms with Crippen molar-refractivity contribution in [1.82, 2.24) is 5.32 Å². The summed E-state index contributed by atoms with van der Waals surface area (Å²) in [7, 11) is 3.35. The molecular weight excluding hydrogens is 202 g/mol. The maximum atomic E-state index is 5.34. The van der Waals surface area contributed by atoms with Crippen molar-refractivity contribution in [3.05, 3.63) is 23.3 Å². The van der Waals surface area contributed by atoms with Crippen LogP contribution in [0.5, 0.6) is 11.5 Å². The molecule has 1 atom stereocenters. The van der Waals surface area contributed by atoms with Crippen molar-refractivity contribution in [3.8, 4) is 11.5 Å². The summed E-state index contributed by atoms with van der Waals surface area (Å²) in [6.45, 7) is 3.23. The van der Waals surface area contributed by atoms with Crippen LogP contribution in [0.1, 0.15) is 30.0 Å². The molecule has 1 fully saturated rings. The van der Waals surface area contributed by atoms with E-state index in [9.17, 15) is 0 Å². The molecule has 0 radical (unpaired) electrons. The fraction of sp³-hybridized carbons (Fsp3) is 0.538. The molecule has 88 valence electrons. The number of aryl methyl sites for hydroxylation is 1. The van der Waals surface area contributed by atoms with Gasteiger partial charge in [0.1, 0.15) is 0 Å². The van der Waals surface area contributed by atoms with Crippen molar-refractivity contribution < 1.29 is 9.47 Å². The summed E-state index contributed by atoms with van der Waals surface area (Å²) in [4.78, 5) is 0. The van der Waals surface area contributed by atoms with Crippen LogP contribution in [0.4, 0.5) is 0 Å². The van der Waals surface area contributed by atoms with E-state index in [1.807, 2.05) is 6.07 Å². The summed E-state index contributed by atoms with van der Waals surface area (Å²) in [6, 6.07) is 4.62. The fourth-order valence-electron chi connectivity index (χ4n) is 2.32. The van der Waals surface area contributed by atoms with Gasteiger partial charge >= 0.3 is 0 Å². The van der Waals surface area contributed by atoms with Crippen LogP contribution < -0.4 is 14.8 Å². The summed E-state index contributed by atoms with van der Waals surface area (Å²) in [5.74, 6) is 1.62. The Morgan fingerprint density at radius 1 is 1.19 bits per heavy atom. The van der Waals surface area contributed by atoms with Crippen LogP contribution in [0.3, 0.4) is 0 Å². The molecule has 1 heterocycles. The summed E-state index contributed by atoms with van der Waals surface area (Å²) in [5, 5.41) is 3.51. The molecule has 1 aliphatic rings. The zero-order chi connectivity index (χ0) is 11.5. The standard InChI is InChI=1S/C13H19NO2/c1-9-7-12(15-2)13(16-3)8-10(9)11-5-4-6-14-11/h7-8,11,14H,4-6H2,1-3H3. The SMILES string of the molecule is COc1cc(C)c(C2CCCN2)cc1OC. The van der Waals surface area contributed by atoms with Gasteiger partial charge in [0.2, 0.25) is 0 Å². The second-order valence-corrected chi connectivity index (χ2v) is 4.21. The van der Waals surface area contributed by atoms with E-state index in [1.54, 1.807) is 14.2 Å². The van der Waals surface area contributed by atoms with Crippen LogP contribution >= 0.6 is 0 Å². The van der Waals surface area contributed by atoms with Gasteiger partial charge in [-0.15, -0.1) is 0 Å². The Morgan fingerprint density at radius 3 is 2.44 bits per heavy atom. The van der Waals surface area contributed by atoms with Crippen molar-refractivity contribution in [1.29, 1.82) is 0 Å². The van der Waals surface area contributed by atoms with E-state index < -0.39 is 0 Å². The lowest BCUT2D eigenvalue weighted by molar-refractivity contribution is 0.353. The smallest absolute Gasteiger partial charge is 0.161 e. The van der Waals surface area contributed by atoms with Gasteiger partial charge in [0.25, 0.3) is 0 Å². The van der Waals surface area contributed by atoms with E-state index in [0.717, 1.165) is 18.0 Å². The van der Waals surface area contributed by atoms with E-state index in [-0.39, 0.29) is 0 Å². The number of methoxy groups -OCH3 is 2. The van der Waals surface area contributed by atoms with E-state index in [4.69, 9.17) is 9.47 Å². The molecule has 1 unspecified atom stereocenters. The average Bonchev–Trinajstić information content (AvgIpc) is 2.82. The maximum Gasteiger partial charge on any atom is 0.161 e. The first-order valence-electron chi connectivity index (χ1n) is 5.72. The molecule has 1 saturated heterocycles. The minimum Gasteiger partial charge on any atom is -0.493 e. The third-order valence-corrected chi connectivity index (χ3v) is 3.21. The topological polar surface area (TPSA) is 30.5 Å². The van der Waals surface area contributed by atoms with Crippen LogP contribution in [-0.4, -0.2) is 20.8 Å². The van der Waals surface area contributed by atoms with Gasteiger partial charge in [-0.2, -0.15) is 0 Å². The van der Waals surface area contributed by atoms with Crippen LogP contribution in [0.2, 0.25) is 0 Å². The lowest BCUT2D eigenvalue weighted by atomic mass is 9.99. The fourth-order valence-corrected chi connectivity index (χ4v) is 2.32. The van der Waals surface area contributed by atoms with Gasteiger partial charge in [0, 0.05) is 6.04 Å². The minimum absolute atomic E-state index is 0.472. The Bertz CT molecular complexity index is 370. The third kappa shape index (κ3) is 2.00. The molecule has 1 N–H and O–H groups in total. The van der Waals surface area contributed by atoms with Gasteiger partial charge < -0.3 is 14.8 Å². The van der Waals surface area contributed by atoms with E-state index >= 15 is 0 Å². The Morgan fingerprint density at radius 2 is 1.88 bits per heavy atom. The van der Waals surface area contributed by atoms with E-state index in [1.165, 1.54) is 24.0 Å². The number of benzene rings is 1. The predicted molar refractivity (Wildman–Crippen MR) is 64.3 cm³/mol. The molecule has 1 aromatic carbocycles. The molecule has 0 spiro atoms. The molecular formula is C13H19NO2. The van der Waals surface area contributed by atoms with E-state index in [0.29, 0.717) is 6.04 Å². The molecule has 1 aliphatic heterocycles. The predicted octanol–water partition coefficient (Wildman–Crippen LogP) is 2.44. The Kier molecular flexibility index (Phi) is 3.34. The molecule has 16 heavy (non-hydrogen) atoms. The highest BCUT2D eigenvalue weighted by molar-refractivity contribution is 5.48. The van der Waals surface area contributed by atoms with Gasteiger partial charge in [0.15, 0.2) is 11.5 Å². The Hall–Kier alpha value is -1.22. The second-order valence-electron chi connectivity index (χ2n) is 4.21. The van der Waals surface area contributed by atoms with Crippen molar-refractivity contribution in [3.63, 3.8) is 0 Å². The molecule has 0 saturated carbocycles. The molecule has 2 rings (SSSR count). The minimum atomic E-state index is 0.472. The van der Waals surface area contributed by atoms with E-state index in [2.05, 4.69) is 18.3 Å². The zero-order valence-corrected chi connectivity index (χ0v) is 10.2. The maximum absolute atomic E-state index is 5.34. The van der Waals surface area contributed by atoms with Gasteiger partial charge in [-0.05, 0) is 49.6 Å². The normalized spacial score (nSPS) is 19.8. The summed E-state index contributed by atoms with van der Waals surface area (Å²) in [5.41, 5.74) is 2.59. The molecule has 1 aromatic rings. The Balaban J connectivity index is 2.37. The molecule has 3 nitrogen and oxygen atoms in total. The first-order chi connectivity index (χ1) is 7.76. The second kappa shape index (κ2) is 4.74. The quantitative estimate of drug-likeness (QED) is 0.850. The molecule has 0 bridgehead atoms. The van der Waals surface area contributed by atoms with Crippen molar-refractivity contribution in [2.24, 2.45) is 0 Å². The van der Waals surface area contributed by atoms with Crippen molar-refractivity contribution in [2.45, 2.75) is 25.8 Å². The van der Waals surface area contributed by atoms with Gasteiger partial charge in [-0.25, -0.2) is 0 Å². The van der Waals surface area contributed by atoms with Gasteiger partial charge in [-0.3, -0.25) is 0 Å². The number of ether oxygens (including phenoxy) is 2. The van der Waals surface area contributed by atoms with Crippen LogP contribution in [0, 0.1) is 6.92 Å². The zero-order valence-electron chi connectivity index (χ0n) is 10.2. The lowest BCUT2D eigenvalue weighted by Gasteiger charge is -2.17.